The number of halogens is 1. The number of carbonyl (C=O) groups is 1. The number of rotatable bonds is 6. The minimum Gasteiger partial charge on any atom is -0.478 e. The molecule has 0 atom stereocenters. The Bertz CT molecular complexity index is 1670. The summed E-state index contributed by atoms with van der Waals surface area (Å²) in [5, 5.41) is 31.0. The van der Waals surface area contributed by atoms with Gasteiger partial charge in [0.1, 0.15) is 23.2 Å². The summed E-state index contributed by atoms with van der Waals surface area (Å²) in [4.78, 5) is 14.2. The molecule has 0 saturated carbocycles. The predicted octanol–water partition coefficient (Wildman–Crippen LogP) is 5.28. The van der Waals surface area contributed by atoms with Crippen LogP contribution in [0.15, 0.2) is 42.6 Å². The van der Waals surface area contributed by atoms with E-state index >= 15 is 0 Å². The molecule has 0 unspecified atom stereocenters. The van der Waals surface area contributed by atoms with Gasteiger partial charge >= 0.3 is 6.09 Å². The lowest BCUT2D eigenvalue weighted by Gasteiger charge is -2.38. The first-order valence-corrected chi connectivity index (χ1v) is 14.0. The quantitative estimate of drug-likeness (QED) is 0.333. The molecule has 0 spiro atoms. The summed E-state index contributed by atoms with van der Waals surface area (Å²) in [5.41, 5.74) is 1.46. The monoisotopic (exact) mass is 574 g/mol. The highest BCUT2D eigenvalue weighted by atomic mass is 19.1. The van der Waals surface area contributed by atoms with Crippen LogP contribution in [0.25, 0.3) is 33.3 Å². The molecular weight excluding hydrogens is 539 g/mol. The Balaban J connectivity index is 1.55. The van der Waals surface area contributed by atoms with Crippen molar-refractivity contribution in [3.05, 3.63) is 54.0 Å². The topological polar surface area (TPSA) is 118 Å². The fraction of sp³-hybridized carbons (Fsp3) is 0.419. The standard InChI is InChI=1S/C31H35FN6O4/c1-6-41-28-26(20-9-10-25-23(15-20)18-34-36(25)5)27(21-7-8-22(17-33)24(32)16-21)35-38(28)19-31(40)11-13-37(14-12-31)29(39)42-30(2,3)4/h7-10,15-16,18,40H,6,11-14,19H2,1-5H3. The number of likely N-dealkylation sites (tertiary alicyclic amines) is 1. The lowest BCUT2D eigenvalue weighted by atomic mass is 9.91. The van der Waals surface area contributed by atoms with Crippen LogP contribution in [0.3, 0.4) is 0 Å². The number of piperidine rings is 1. The van der Waals surface area contributed by atoms with E-state index in [0.29, 0.717) is 55.2 Å². The number of fused-ring (bicyclic) bond motifs is 1. The Hall–Kier alpha value is -4.43. The van der Waals surface area contributed by atoms with Gasteiger partial charge in [-0.2, -0.15) is 15.5 Å². The maximum Gasteiger partial charge on any atom is 0.410 e. The lowest BCUT2D eigenvalue weighted by molar-refractivity contribution is -0.0442. The van der Waals surface area contributed by atoms with E-state index in [1.54, 1.807) is 26.5 Å². The maximum absolute atomic E-state index is 14.8. The van der Waals surface area contributed by atoms with Crippen molar-refractivity contribution in [2.24, 2.45) is 7.05 Å². The van der Waals surface area contributed by atoms with Crippen LogP contribution >= 0.6 is 0 Å². The van der Waals surface area contributed by atoms with Crippen LogP contribution in [0.1, 0.15) is 46.1 Å². The molecule has 42 heavy (non-hydrogen) atoms. The number of nitrogens with zero attached hydrogens (tertiary/aromatic N) is 6. The number of aromatic nitrogens is 4. The van der Waals surface area contributed by atoms with Gasteiger partial charge in [-0.3, -0.25) is 4.68 Å². The third-order valence-electron chi connectivity index (χ3n) is 7.37. The molecule has 0 bridgehead atoms. The van der Waals surface area contributed by atoms with Crippen molar-refractivity contribution in [3.63, 3.8) is 0 Å². The number of aliphatic hydroxyl groups is 1. The molecule has 1 aliphatic rings. The van der Waals surface area contributed by atoms with Gasteiger partial charge in [-0.05, 0) is 70.4 Å². The lowest BCUT2D eigenvalue weighted by Crippen LogP contribution is -2.49. The van der Waals surface area contributed by atoms with Crippen LogP contribution in [0.5, 0.6) is 5.88 Å². The normalized spacial score (nSPS) is 15.0. The summed E-state index contributed by atoms with van der Waals surface area (Å²) in [6, 6.07) is 12.1. The van der Waals surface area contributed by atoms with Gasteiger partial charge in [-0.15, -0.1) is 0 Å². The summed E-state index contributed by atoms with van der Waals surface area (Å²) >= 11 is 0. The first-order valence-electron chi connectivity index (χ1n) is 14.0. The molecule has 1 aliphatic heterocycles. The van der Waals surface area contributed by atoms with E-state index in [0.717, 1.165) is 16.5 Å². The van der Waals surface area contributed by atoms with Gasteiger partial charge in [0.15, 0.2) is 0 Å². The van der Waals surface area contributed by atoms with Gasteiger partial charge in [0.2, 0.25) is 5.88 Å². The Morgan fingerprint density at radius 1 is 1.17 bits per heavy atom. The Morgan fingerprint density at radius 3 is 2.52 bits per heavy atom. The van der Waals surface area contributed by atoms with Gasteiger partial charge in [-0.1, -0.05) is 12.1 Å². The summed E-state index contributed by atoms with van der Waals surface area (Å²) < 4.78 is 29.9. The first-order chi connectivity index (χ1) is 19.9. The zero-order valence-corrected chi connectivity index (χ0v) is 24.5. The van der Waals surface area contributed by atoms with Crippen LogP contribution in [0, 0.1) is 17.1 Å². The summed E-state index contributed by atoms with van der Waals surface area (Å²) in [7, 11) is 1.87. The van der Waals surface area contributed by atoms with Crippen molar-refractivity contribution in [3.8, 4) is 34.3 Å². The molecule has 11 heteroatoms. The first kappa shape index (κ1) is 29.1. The van der Waals surface area contributed by atoms with E-state index < -0.39 is 23.1 Å². The largest absolute Gasteiger partial charge is 0.478 e. The molecule has 1 N–H and O–H groups in total. The van der Waals surface area contributed by atoms with Gasteiger partial charge < -0.3 is 19.5 Å². The Morgan fingerprint density at radius 2 is 1.88 bits per heavy atom. The number of hydrogen-bond acceptors (Lipinski definition) is 7. The average Bonchev–Trinajstić information content (AvgIpc) is 3.47. The second kappa shape index (κ2) is 11.1. The van der Waals surface area contributed by atoms with Gasteiger partial charge in [0.05, 0.1) is 41.6 Å². The van der Waals surface area contributed by atoms with Crippen molar-refractivity contribution >= 4 is 17.0 Å². The maximum atomic E-state index is 14.8. The zero-order valence-electron chi connectivity index (χ0n) is 24.5. The molecule has 1 amide bonds. The van der Waals surface area contributed by atoms with Crippen molar-refractivity contribution < 1.29 is 23.8 Å². The van der Waals surface area contributed by atoms with Crippen LogP contribution in [-0.2, 0) is 18.3 Å². The molecule has 1 fully saturated rings. The van der Waals surface area contributed by atoms with E-state index in [4.69, 9.17) is 14.6 Å². The zero-order chi connectivity index (χ0) is 30.2. The van der Waals surface area contributed by atoms with Gasteiger partial charge in [0.25, 0.3) is 0 Å². The number of nitriles is 1. The van der Waals surface area contributed by atoms with Crippen LogP contribution < -0.4 is 4.74 Å². The molecule has 220 valence electrons. The second-order valence-electron chi connectivity index (χ2n) is 11.7. The van der Waals surface area contributed by atoms with Crippen LogP contribution in [0.2, 0.25) is 0 Å². The SMILES string of the molecule is CCOc1c(-c2ccc3c(cnn3C)c2)c(-c2ccc(C#N)c(F)c2)nn1CC1(O)CCN(C(=O)OC(C)(C)C)CC1. The third-order valence-corrected chi connectivity index (χ3v) is 7.37. The van der Waals surface area contributed by atoms with Crippen molar-refractivity contribution in [1.82, 2.24) is 24.5 Å². The highest BCUT2D eigenvalue weighted by molar-refractivity contribution is 5.91. The molecule has 1 saturated heterocycles. The molecular formula is C31H35FN6O4. The molecule has 4 aromatic rings. The molecule has 5 rings (SSSR count). The highest BCUT2D eigenvalue weighted by Gasteiger charge is 2.37. The van der Waals surface area contributed by atoms with E-state index in [2.05, 4.69) is 5.10 Å². The number of carbonyl (C=O) groups excluding carboxylic acids is 1. The number of amides is 1. The van der Waals surface area contributed by atoms with Gasteiger partial charge in [0, 0.05) is 31.1 Å². The second-order valence-corrected chi connectivity index (χ2v) is 11.7. The average molecular weight is 575 g/mol. The van der Waals surface area contributed by atoms with Crippen molar-refractivity contribution in [2.45, 2.75) is 58.3 Å². The molecule has 2 aromatic heterocycles. The molecule has 2 aromatic carbocycles. The van der Waals surface area contributed by atoms with Crippen LogP contribution in [0.4, 0.5) is 9.18 Å². The number of aryl methyl sites for hydroxylation is 1. The minimum atomic E-state index is -1.17. The molecule has 10 nitrogen and oxygen atoms in total. The van der Waals surface area contributed by atoms with E-state index in [1.165, 1.54) is 12.1 Å². The summed E-state index contributed by atoms with van der Waals surface area (Å²) in [5.74, 6) is -0.215. The smallest absolute Gasteiger partial charge is 0.410 e. The fourth-order valence-corrected chi connectivity index (χ4v) is 5.24. The number of hydrogen-bond donors (Lipinski definition) is 1. The minimum absolute atomic E-state index is 0.0624. The number of ether oxygens (including phenoxy) is 2. The van der Waals surface area contributed by atoms with E-state index in [9.17, 15) is 19.6 Å². The van der Waals surface area contributed by atoms with Crippen molar-refractivity contribution in [2.75, 3.05) is 19.7 Å². The Labute approximate surface area is 243 Å². The van der Waals surface area contributed by atoms with Crippen molar-refractivity contribution in [1.29, 1.82) is 5.26 Å². The van der Waals surface area contributed by atoms with E-state index in [-0.39, 0.29) is 12.1 Å². The number of benzene rings is 2. The van der Waals surface area contributed by atoms with E-state index in [1.807, 2.05) is 59.0 Å². The molecule has 3 heterocycles. The summed E-state index contributed by atoms with van der Waals surface area (Å²) in [6.45, 7) is 8.41. The fourth-order valence-electron chi connectivity index (χ4n) is 5.24. The highest BCUT2D eigenvalue weighted by Crippen LogP contribution is 2.42. The van der Waals surface area contributed by atoms with Crippen LogP contribution in [-0.4, -0.2) is 66.6 Å². The Kier molecular flexibility index (Phi) is 7.68. The third kappa shape index (κ3) is 5.81. The van der Waals surface area contributed by atoms with Gasteiger partial charge in [-0.25, -0.2) is 13.9 Å². The predicted molar refractivity (Wildman–Crippen MR) is 155 cm³/mol. The molecule has 0 radical (unpaired) electrons. The molecule has 0 aliphatic carbocycles. The summed E-state index contributed by atoms with van der Waals surface area (Å²) in [6.07, 6.45) is 1.99.